The molecule has 0 aliphatic heterocycles. The molecular weight excluding hydrogens is 376 g/mol. The number of nitriles is 1. The number of hydrogen-bond acceptors (Lipinski definition) is 4. The molecule has 2 aromatic rings. The molecule has 23 heavy (non-hydrogen) atoms. The van der Waals surface area contributed by atoms with Gasteiger partial charge in [-0.2, -0.15) is 5.26 Å². The van der Waals surface area contributed by atoms with E-state index in [1.54, 1.807) is 36.4 Å². The second kappa shape index (κ2) is 5.45. The molecule has 0 spiro atoms. The maximum atomic E-state index is 12.9. The first-order valence-corrected chi connectivity index (χ1v) is 9.41. The van der Waals surface area contributed by atoms with Crippen LogP contribution in [0.25, 0.3) is 0 Å². The van der Waals surface area contributed by atoms with Crippen LogP contribution in [0.15, 0.2) is 57.9 Å². The molecule has 0 radical (unpaired) electrons. The van der Waals surface area contributed by atoms with E-state index in [0.717, 1.165) is 15.6 Å². The Labute approximate surface area is 144 Å². The molecule has 1 aliphatic carbocycles. The van der Waals surface area contributed by atoms with Gasteiger partial charge in [0.05, 0.1) is 11.0 Å². The molecule has 3 atom stereocenters. The zero-order valence-corrected chi connectivity index (χ0v) is 14.8. The number of nitrogens with two attached hydrogens (primary N) is 1. The van der Waals surface area contributed by atoms with Gasteiger partial charge in [-0.1, -0.05) is 45.8 Å². The Morgan fingerprint density at radius 2 is 1.70 bits per heavy atom. The second-order valence-electron chi connectivity index (χ2n) is 5.85. The SMILES string of the molecule is Cc1ccc(S(=O)(=O)[C@@H]2[C@H](c3ccc(Br)cc3)[C@@]2(N)C#N)cc1. The molecule has 1 aliphatic rings. The van der Waals surface area contributed by atoms with Gasteiger partial charge in [0.25, 0.3) is 0 Å². The molecule has 2 N–H and O–H groups in total. The maximum absolute atomic E-state index is 12.9. The normalized spacial score (nSPS) is 26.5. The quantitative estimate of drug-likeness (QED) is 0.872. The summed E-state index contributed by atoms with van der Waals surface area (Å²) in [4.78, 5) is 0.206. The summed E-state index contributed by atoms with van der Waals surface area (Å²) in [6.07, 6.45) is 0. The highest BCUT2D eigenvalue weighted by molar-refractivity contribution is 9.10. The fourth-order valence-corrected chi connectivity index (χ4v) is 5.39. The molecule has 0 heterocycles. The van der Waals surface area contributed by atoms with Crippen LogP contribution in [0.2, 0.25) is 0 Å². The number of sulfone groups is 1. The summed E-state index contributed by atoms with van der Waals surface area (Å²) in [6.45, 7) is 1.89. The number of benzene rings is 2. The number of halogens is 1. The Balaban J connectivity index is 2.03. The molecular formula is C17H15BrN2O2S. The van der Waals surface area contributed by atoms with Crippen LogP contribution in [-0.4, -0.2) is 19.2 Å². The third kappa shape index (κ3) is 2.59. The molecule has 0 bridgehead atoms. The molecule has 0 unspecified atom stereocenters. The summed E-state index contributed by atoms with van der Waals surface area (Å²) in [5, 5.41) is 8.50. The van der Waals surface area contributed by atoms with E-state index in [1.165, 1.54) is 0 Å². The highest BCUT2D eigenvalue weighted by Crippen LogP contribution is 2.55. The standard InChI is InChI=1S/C17H15BrN2O2S/c1-11-2-8-14(9-3-11)23(21,22)16-15(17(16,20)10-19)12-4-6-13(18)7-5-12/h2-9,15-16H,20H2,1H3/t15-,16+,17-/m0/s1. The van der Waals surface area contributed by atoms with Gasteiger partial charge in [-0.3, -0.25) is 0 Å². The summed E-state index contributed by atoms with van der Waals surface area (Å²) in [5.41, 5.74) is 6.45. The van der Waals surface area contributed by atoms with Gasteiger partial charge in [0.1, 0.15) is 10.8 Å². The van der Waals surface area contributed by atoms with E-state index in [9.17, 15) is 13.7 Å². The van der Waals surface area contributed by atoms with Gasteiger partial charge in [0.2, 0.25) is 0 Å². The first-order valence-electron chi connectivity index (χ1n) is 7.07. The van der Waals surface area contributed by atoms with Crippen LogP contribution in [0.4, 0.5) is 0 Å². The van der Waals surface area contributed by atoms with Gasteiger partial charge >= 0.3 is 0 Å². The number of aryl methyl sites for hydroxylation is 1. The Bertz CT molecular complexity index is 886. The van der Waals surface area contributed by atoms with Crippen LogP contribution < -0.4 is 5.73 Å². The van der Waals surface area contributed by atoms with Gasteiger partial charge in [0, 0.05) is 10.4 Å². The lowest BCUT2D eigenvalue weighted by molar-refractivity contribution is 0.592. The average Bonchev–Trinajstić information content (AvgIpc) is 3.16. The van der Waals surface area contributed by atoms with Crippen LogP contribution in [-0.2, 0) is 9.84 Å². The fraction of sp³-hybridized carbons (Fsp3) is 0.235. The van der Waals surface area contributed by atoms with Gasteiger partial charge in [-0.05, 0) is 36.8 Å². The molecule has 0 aromatic heterocycles. The average molecular weight is 391 g/mol. The summed E-state index contributed by atoms with van der Waals surface area (Å²) >= 11 is 3.34. The molecule has 0 saturated heterocycles. The smallest absolute Gasteiger partial charge is 0.184 e. The Hall–Kier alpha value is -1.68. The molecule has 118 valence electrons. The molecule has 1 fully saturated rings. The van der Waals surface area contributed by atoms with E-state index >= 15 is 0 Å². The van der Waals surface area contributed by atoms with Crippen molar-refractivity contribution in [1.82, 2.24) is 0 Å². The number of rotatable bonds is 3. The van der Waals surface area contributed by atoms with Gasteiger partial charge in [-0.15, -0.1) is 0 Å². The summed E-state index contributed by atoms with van der Waals surface area (Å²) in [5.74, 6) is -0.521. The van der Waals surface area contributed by atoms with Gasteiger partial charge in [0.15, 0.2) is 9.84 Å². The predicted molar refractivity (Wildman–Crippen MR) is 91.6 cm³/mol. The lowest BCUT2D eigenvalue weighted by Crippen LogP contribution is -2.29. The Morgan fingerprint density at radius 1 is 1.13 bits per heavy atom. The van der Waals surface area contributed by atoms with Crippen LogP contribution in [0.5, 0.6) is 0 Å². The van der Waals surface area contributed by atoms with Crippen LogP contribution in [0.3, 0.4) is 0 Å². The Morgan fingerprint density at radius 3 is 2.22 bits per heavy atom. The maximum Gasteiger partial charge on any atom is 0.184 e. The van der Waals surface area contributed by atoms with Crippen molar-refractivity contribution >= 4 is 25.8 Å². The molecule has 2 aromatic carbocycles. The van der Waals surface area contributed by atoms with Crippen molar-refractivity contribution in [3.05, 3.63) is 64.1 Å². The van der Waals surface area contributed by atoms with Crippen molar-refractivity contribution in [2.45, 2.75) is 28.5 Å². The molecule has 6 heteroatoms. The highest BCUT2D eigenvalue weighted by Gasteiger charge is 2.70. The number of hydrogen-bond donors (Lipinski definition) is 1. The van der Waals surface area contributed by atoms with Crippen molar-refractivity contribution in [1.29, 1.82) is 5.26 Å². The Kier molecular flexibility index (Phi) is 3.83. The zero-order chi connectivity index (χ0) is 16.8. The van der Waals surface area contributed by atoms with E-state index < -0.39 is 26.5 Å². The molecule has 3 rings (SSSR count). The summed E-state index contributed by atoms with van der Waals surface area (Å²) < 4.78 is 26.7. The second-order valence-corrected chi connectivity index (χ2v) is 8.84. The number of nitrogens with zero attached hydrogens (tertiary/aromatic N) is 1. The van der Waals surface area contributed by atoms with Crippen molar-refractivity contribution in [2.75, 3.05) is 0 Å². The van der Waals surface area contributed by atoms with Gasteiger partial charge in [-0.25, -0.2) is 8.42 Å². The lowest BCUT2D eigenvalue weighted by Gasteiger charge is -2.05. The van der Waals surface area contributed by atoms with E-state index in [0.29, 0.717) is 0 Å². The van der Waals surface area contributed by atoms with Crippen molar-refractivity contribution in [3.63, 3.8) is 0 Å². The van der Waals surface area contributed by atoms with Crippen LogP contribution in [0, 0.1) is 18.3 Å². The van der Waals surface area contributed by atoms with E-state index in [-0.39, 0.29) is 4.90 Å². The minimum absolute atomic E-state index is 0.206. The zero-order valence-electron chi connectivity index (χ0n) is 12.4. The molecule has 4 nitrogen and oxygen atoms in total. The van der Waals surface area contributed by atoms with E-state index in [2.05, 4.69) is 15.9 Å². The van der Waals surface area contributed by atoms with E-state index in [1.807, 2.05) is 25.1 Å². The van der Waals surface area contributed by atoms with Crippen molar-refractivity contribution in [3.8, 4) is 6.07 Å². The van der Waals surface area contributed by atoms with Crippen molar-refractivity contribution in [2.24, 2.45) is 5.73 Å². The van der Waals surface area contributed by atoms with Crippen molar-refractivity contribution < 1.29 is 8.42 Å². The minimum atomic E-state index is -3.67. The lowest BCUT2D eigenvalue weighted by atomic mass is 10.1. The fourth-order valence-electron chi connectivity index (χ4n) is 2.94. The predicted octanol–water partition coefficient (Wildman–Crippen LogP) is 2.92. The van der Waals surface area contributed by atoms with Gasteiger partial charge < -0.3 is 5.73 Å². The topological polar surface area (TPSA) is 83.9 Å². The first-order chi connectivity index (χ1) is 10.8. The van der Waals surface area contributed by atoms with E-state index in [4.69, 9.17) is 5.73 Å². The highest BCUT2D eigenvalue weighted by atomic mass is 79.9. The molecule has 0 amide bonds. The summed E-state index contributed by atoms with van der Waals surface area (Å²) in [6, 6.07) is 15.9. The van der Waals surface area contributed by atoms with Crippen LogP contribution in [0.1, 0.15) is 17.0 Å². The third-order valence-corrected chi connectivity index (χ3v) is 7.07. The monoisotopic (exact) mass is 390 g/mol. The minimum Gasteiger partial charge on any atom is -0.312 e. The summed E-state index contributed by atoms with van der Waals surface area (Å²) in [7, 11) is -3.67. The molecule has 1 saturated carbocycles. The third-order valence-electron chi connectivity index (χ3n) is 4.29. The van der Waals surface area contributed by atoms with Crippen LogP contribution >= 0.6 is 15.9 Å². The first kappa shape index (κ1) is 16.2. The largest absolute Gasteiger partial charge is 0.312 e.